The zero-order chi connectivity index (χ0) is 10.8. The Labute approximate surface area is 103 Å². The van der Waals surface area contributed by atoms with Gasteiger partial charge in [-0.1, -0.05) is 25.2 Å². The summed E-state index contributed by atoms with van der Waals surface area (Å²) >= 11 is 5.00. The molecule has 0 spiro atoms. The second-order valence-corrected chi connectivity index (χ2v) is 6.68. The highest BCUT2D eigenvalue weighted by Gasteiger charge is 2.30. The fourth-order valence-electron chi connectivity index (χ4n) is 1.53. The second-order valence-electron chi connectivity index (χ2n) is 4.44. The molecule has 1 saturated carbocycles. The van der Waals surface area contributed by atoms with E-state index in [1.165, 1.54) is 19.3 Å². The minimum atomic E-state index is 0.726. The van der Waals surface area contributed by atoms with Crippen molar-refractivity contribution in [3.63, 3.8) is 0 Å². The van der Waals surface area contributed by atoms with Crippen LogP contribution in [0.2, 0.25) is 0 Å². The predicted molar refractivity (Wildman–Crippen MR) is 67.4 cm³/mol. The van der Waals surface area contributed by atoms with Gasteiger partial charge in [0.1, 0.15) is 0 Å². The van der Waals surface area contributed by atoms with E-state index in [1.807, 2.05) is 0 Å². The highest BCUT2D eigenvalue weighted by Crippen LogP contribution is 2.34. The number of hydrogen-bond donors (Lipinski definition) is 0. The fourth-order valence-corrected chi connectivity index (χ4v) is 2.72. The lowest BCUT2D eigenvalue weighted by atomic mass is 10.1. The van der Waals surface area contributed by atoms with Gasteiger partial charge in [0, 0.05) is 12.6 Å². The second kappa shape index (κ2) is 4.78. The fraction of sp³-hybridized carbons (Fsp3) is 0.800. The zero-order valence-electron chi connectivity index (χ0n) is 9.11. The number of anilines is 1. The first kappa shape index (κ1) is 11.3. The van der Waals surface area contributed by atoms with Gasteiger partial charge in [-0.25, -0.2) is 0 Å². The highest BCUT2D eigenvalue weighted by molar-refractivity contribution is 9.11. The molecule has 0 atom stereocenters. The predicted octanol–water partition coefficient (Wildman–Crippen LogP) is 3.32. The first-order chi connectivity index (χ1) is 7.16. The lowest BCUT2D eigenvalue weighted by molar-refractivity contribution is 0.569. The molecule has 0 amide bonds. The Balaban J connectivity index is 1.99. The number of halogens is 1. The maximum Gasteiger partial charge on any atom is 0.209 e. The Kier molecular flexibility index (Phi) is 3.61. The molecule has 0 saturated heterocycles. The molecule has 0 aliphatic heterocycles. The summed E-state index contributed by atoms with van der Waals surface area (Å²) < 4.78 is 0.882. The molecule has 1 aromatic rings. The third-order valence-electron chi connectivity index (χ3n) is 2.57. The topological polar surface area (TPSA) is 29.0 Å². The molecule has 1 fully saturated rings. The maximum absolute atomic E-state index is 4.20. The van der Waals surface area contributed by atoms with Crippen molar-refractivity contribution in [2.24, 2.45) is 5.92 Å². The van der Waals surface area contributed by atoms with Crippen LogP contribution in [-0.4, -0.2) is 22.8 Å². The van der Waals surface area contributed by atoms with Crippen LogP contribution < -0.4 is 4.90 Å². The lowest BCUT2D eigenvalue weighted by Gasteiger charge is -2.21. The van der Waals surface area contributed by atoms with Crippen molar-refractivity contribution in [3.8, 4) is 0 Å². The Morgan fingerprint density at radius 2 is 2.20 bits per heavy atom. The Morgan fingerprint density at radius 3 is 2.67 bits per heavy atom. The van der Waals surface area contributed by atoms with Gasteiger partial charge >= 0.3 is 0 Å². The van der Waals surface area contributed by atoms with Crippen LogP contribution in [0.15, 0.2) is 3.92 Å². The van der Waals surface area contributed by atoms with Gasteiger partial charge in [-0.3, -0.25) is 0 Å². The first-order valence-electron chi connectivity index (χ1n) is 5.42. The molecule has 84 valence electrons. The van der Waals surface area contributed by atoms with Gasteiger partial charge in [-0.2, -0.15) is 0 Å². The summed E-state index contributed by atoms with van der Waals surface area (Å²) in [4.78, 5) is 2.42. The van der Waals surface area contributed by atoms with Crippen LogP contribution in [0, 0.1) is 5.92 Å². The van der Waals surface area contributed by atoms with E-state index in [9.17, 15) is 0 Å². The molecule has 5 heteroatoms. The Hall–Kier alpha value is -0.160. The summed E-state index contributed by atoms with van der Waals surface area (Å²) in [6, 6.07) is 0.726. The summed E-state index contributed by atoms with van der Waals surface area (Å²) in [5, 5.41) is 9.30. The van der Waals surface area contributed by atoms with Gasteiger partial charge < -0.3 is 4.90 Å². The summed E-state index contributed by atoms with van der Waals surface area (Å²) in [6.45, 7) is 5.64. The molecule has 1 aromatic heterocycles. The van der Waals surface area contributed by atoms with Crippen LogP contribution in [0.25, 0.3) is 0 Å². The summed E-state index contributed by atoms with van der Waals surface area (Å²) in [5.74, 6) is 0.752. The van der Waals surface area contributed by atoms with Gasteiger partial charge in [0.05, 0.1) is 0 Å². The van der Waals surface area contributed by atoms with Crippen LogP contribution in [0.5, 0.6) is 0 Å². The van der Waals surface area contributed by atoms with Crippen molar-refractivity contribution in [2.45, 2.75) is 39.2 Å². The number of aromatic nitrogens is 2. The molecule has 0 radical (unpaired) electrons. The molecule has 1 heterocycles. The van der Waals surface area contributed by atoms with E-state index in [2.05, 4.69) is 44.9 Å². The molecule has 2 rings (SSSR count). The summed E-state index contributed by atoms with van der Waals surface area (Å²) in [5.41, 5.74) is 0. The van der Waals surface area contributed by atoms with Crippen molar-refractivity contribution in [3.05, 3.63) is 3.92 Å². The van der Waals surface area contributed by atoms with Crippen LogP contribution in [0.1, 0.15) is 33.1 Å². The normalized spacial score (nSPS) is 16.0. The number of hydrogen-bond acceptors (Lipinski definition) is 4. The Morgan fingerprint density at radius 1 is 1.47 bits per heavy atom. The molecular weight excluding hydrogens is 274 g/mol. The average Bonchev–Trinajstić information content (AvgIpc) is 2.90. The van der Waals surface area contributed by atoms with Crippen LogP contribution >= 0.6 is 27.3 Å². The standard InChI is InChI=1S/C10H16BrN3S/c1-7(2)5-6-14(8-3-4-8)10-13-12-9(11)15-10/h7-8H,3-6H2,1-2H3. The van der Waals surface area contributed by atoms with Gasteiger partial charge in [0.25, 0.3) is 0 Å². The molecule has 3 nitrogen and oxygen atoms in total. The third-order valence-corrected chi connectivity index (χ3v) is 3.96. The first-order valence-corrected chi connectivity index (χ1v) is 7.03. The van der Waals surface area contributed by atoms with Crippen LogP contribution in [0.4, 0.5) is 5.13 Å². The molecule has 0 bridgehead atoms. The monoisotopic (exact) mass is 289 g/mol. The van der Waals surface area contributed by atoms with Gasteiger partial charge in [-0.05, 0) is 41.1 Å². The van der Waals surface area contributed by atoms with Gasteiger partial charge in [-0.15, -0.1) is 10.2 Å². The smallest absolute Gasteiger partial charge is 0.209 e. The zero-order valence-corrected chi connectivity index (χ0v) is 11.5. The van der Waals surface area contributed by atoms with Crippen molar-refractivity contribution in [1.82, 2.24) is 10.2 Å². The van der Waals surface area contributed by atoms with Gasteiger partial charge in [0.2, 0.25) is 5.13 Å². The summed E-state index contributed by atoms with van der Waals surface area (Å²) in [7, 11) is 0. The van der Waals surface area contributed by atoms with E-state index in [4.69, 9.17) is 0 Å². The van der Waals surface area contributed by atoms with E-state index < -0.39 is 0 Å². The van der Waals surface area contributed by atoms with E-state index in [1.54, 1.807) is 11.3 Å². The lowest BCUT2D eigenvalue weighted by Crippen LogP contribution is -2.27. The quantitative estimate of drug-likeness (QED) is 0.833. The van der Waals surface area contributed by atoms with E-state index in [-0.39, 0.29) is 0 Å². The molecule has 0 aromatic carbocycles. The maximum atomic E-state index is 4.20. The SMILES string of the molecule is CC(C)CCN(c1nnc(Br)s1)C1CC1. The van der Waals surface area contributed by atoms with E-state index in [0.29, 0.717) is 0 Å². The van der Waals surface area contributed by atoms with Crippen molar-refractivity contribution >= 4 is 32.4 Å². The van der Waals surface area contributed by atoms with E-state index >= 15 is 0 Å². The van der Waals surface area contributed by atoms with Crippen molar-refractivity contribution in [2.75, 3.05) is 11.4 Å². The molecular formula is C10H16BrN3S. The largest absolute Gasteiger partial charge is 0.344 e. The van der Waals surface area contributed by atoms with Crippen molar-refractivity contribution < 1.29 is 0 Å². The summed E-state index contributed by atoms with van der Waals surface area (Å²) in [6.07, 6.45) is 3.86. The van der Waals surface area contributed by atoms with Crippen LogP contribution in [0.3, 0.4) is 0 Å². The molecule has 0 unspecified atom stereocenters. The minimum absolute atomic E-state index is 0.726. The molecule has 0 N–H and O–H groups in total. The van der Waals surface area contributed by atoms with Crippen molar-refractivity contribution in [1.29, 1.82) is 0 Å². The molecule has 1 aliphatic carbocycles. The van der Waals surface area contributed by atoms with Gasteiger partial charge in [0.15, 0.2) is 3.92 Å². The van der Waals surface area contributed by atoms with E-state index in [0.717, 1.165) is 27.6 Å². The minimum Gasteiger partial charge on any atom is -0.344 e. The molecule has 1 aliphatic rings. The Bertz CT molecular complexity index is 322. The number of rotatable bonds is 5. The number of nitrogens with zero attached hydrogens (tertiary/aromatic N) is 3. The third kappa shape index (κ3) is 3.14. The average molecular weight is 290 g/mol. The molecule has 15 heavy (non-hydrogen) atoms. The highest BCUT2D eigenvalue weighted by atomic mass is 79.9. The van der Waals surface area contributed by atoms with Crippen LogP contribution in [-0.2, 0) is 0 Å².